The van der Waals surface area contributed by atoms with Crippen molar-refractivity contribution in [1.82, 2.24) is 4.72 Å². The summed E-state index contributed by atoms with van der Waals surface area (Å²) < 4.78 is 3.58. The second kappa shape index (κ2) is 10.5. The summed E-state index contributed by atoms with van der Waals surface area (Å²) in [6.07, 6.45) is 2.17. The second-order valence-corrected chi connectivity index (χ2v) is 10.3. The highest BCUT2D eigenvalue weighted by molar-refractivity contribution is 7.97. The van der Waals surface area contributed by atoms with E-state index in [1.165, 1.54) is 10.5 Å². The maximum atomic E-state index is 6.59. The van der Waals surface area contributed by atoms with Gasteiger partial charge in [-0.15, -0.1) is 0 Å². The van der Waals surface area contributed by atoms with Crippen LogP contribution in [0.4, 0.5) is 5.69 Å². The summed E-state index contributed by atoms with van der Waals surface area (Å²) in [4.78, 5) is 3.70. The smallest absolute Gasteiger partial charge is 0.0557 e. The van der Waals surface area contributed by atoms with Crippen LogP contribution in [0.3, 0.4) is 0 Å². The van der Waals surface area contributed by atoms with Gasteiger partial charge in [0.2, 0.25) is 0 Å². The van der Waals surface area contributed by atoms with Crippen molar-refractivity contribution in [2.75, 3.05) is 18.0 Å². The molecule has 0 amide bonds. The molecule has 0 aromatic heterocycles. The van der Waals surface area contributed by atoms with Crippen LogP contribution in [0.15, 0.2) is 71.6 Å². The Morgan fingerprint density at radius 3 is 2.45 bits per heavy atom. The normalized spacial score (nSPS) is 18.9. The molecule has 0 bridgehead atoms. The van der Waals surface area contributed by atoms with Crippen LogP contribution in [0.2, 0.25) is 15.1 Å². The average molecular weight is 492 g/mol. The molecule has 1 saturated heterocycles. The number of anilines is 1. The van der Waals surface area contributed by atoms with Gasteiger partial charge in [0.1, 0.15) is 0 Å². The molecular formula is C25H25Cl3N2S. The molecule has 2 nitrogen and oxygen atoms in total. The molecule has 0 spiro atoms. The molecule has 3 aromatic rings. The number of halogens is 3. The topological polar surface area (TPSA) is 15.3 Å². The lowest BCUT2D eigenvalue weighted by molar-refractivity contribution is 0.361. The fraction of sp³-hybridized carbons (Fsp3) is 0.280. The Morgan fingerprint density at radius 1 is 0.935 bits per heavy atom. The average Bonchev–Trinajstić information content (AvgIpc) is 2.75. The summed E-state index contributed by atoms with van der Waals surface area (Å²) in [5, 5.41) is 2.13. The quantitative estimate of drug-likeness (QED) is 0.350. The predicted octanol–water partition coefficient (Wildman–Crippen LogP) is 8.21. The lowest BCUT2D eigenvalue weighted by Crippen LogP contribution is -2.41. The van der Waals surface area contributed by atoms with E-state index in [0.717, 1.165) is 47.2 Å². The number of rotatable bonds is 6. The zero-order chi connectivity index (χ0) is 21.8. The Bertz CT molecular complexity index is 1030. The molecule has 1 N–H and O–H groups in total. The van der Waals surface area contributed by atoms with Crippen molar-refractivity contribution >= 4 is 52.4 Å². The van der Waals surface area contributed by atoms with E-state index in [1.54, 1.807) is 11.9 Å². The highest BCUT2D eigenvalue weighted by Gasteiger charge is 2.30. The van der Waals surface area contributed by atoms with Crippen molar-refractivity contribution in [3.05, 3.63) is 92.9 Å². The minimum Gasteiger partial charge on any atom is -0.364 e. The lowest BCUT2D eigenvalue weighted by Gasteiger charge is -2.42. The van der Waals surface area contributed by atoms with E-state index in [4.69, 9.17) is 34.8 Å². The first-order valence-corrected chi connectivity index (χ1v) is 12.4. The molecule has 1 aliphatic heterocycles. The molecule has 4 rings (SSSR count). The van der Waals surface area contributed by atoms with E-state index in [2.05, 4.69) is 59.0 Å². The maximum Gasteiger partial charge on any atom is 0.0557 e. The largest absolute Gasteiger partial charge is 0.364 e. The van der Waals surface area contributed by atoms with Crippen molar-refractivity contribution in [1.29, 1.82) is 0 Å². The molecule has 1 fully saturated rings. The summed E-state index contributed by atoms with van der Waals surface area (Å²) in [7, 11) is 0. The fourth-order valence-corrected chi connectivity index (χ4v) is 5.69. The van der Waals surface area contributed by atoms with E-state index in [-0.39, 0.29) is 6.04 Å². The summed E-state index contributed by atoms with van der Waals surface area (Å²) in [6.45, 7) is 4.02. The van der Waals surface area contributed by atoms with Crippen molar-refractivity contribution in [3.8, 4) is 0 Å². The van der Waals surface area contributed by atoms with E-state index < -0.39 is 0 Å². The molecule has 3 aromatic carbocycles. The molecule has 1 heterocycles. The van der Waals surface area contributed by atoms with Crippen LogP contribution in [-0.4, -0.2) is 13.1 Å². The van der Waals surface area contributed by atoms with E-state index in [1.807, 2.05) is 24.3 Å². The number of hydrogen-bond acceptors (Lipinski definition) is 3. The van der Waals surface area contributed by atoms with Gasteiger partial charge in [-0.3, -0.25) is 4.72 Å². The Labute approximate surface area is 204 Å². The molecule has 6 heteroatoms. The second-order valence-electron chi connectivity index (χ2n) is 8.02. The molecular weight excluding hydrogens is 467 g/mol. The van der Waals surface area contributed by atoms with Crippen molar-refractivity contribution in [2.45, 2.75) is 30.7 Å². The number of hydrogen-bond donors (Lipinski definition) is 1. The van der Waals surface area contributed by atoms with Gasteiger partial charge >= 0.3 is 0 Å². The van der Waals surface area contributed by atoms with Crippen molar-refractivity contribution < 1.29 is 0 Å². The van der Waals surface area contributed by atoms with E-state index in [9.17, 15) is 0 Å². The Hall–Kier alpha value is -1.36. The predicted molar refractivity (Wildman–Crippen MR) is 136 cm³/mol. The SMILES string of the molecule is Cc1cccc(SNCC2CCC(c3ccc(Cl)cc3Cl)N(c3ccc(Cl)cc3)C2)c1. The van der Waals surface area contributed by atoms with Gasteiger partial charge in [0.25, 0.3) is 0 Å². The van der Waals surface area contributed by atoms with Gasteiger partial charge < -0.3 is 4.90 Å². The summed E-state index contributed by atoms with van der Waals surface area (Å²) >= 11 is 20.6. The highest BCUT2D eigenvalue weighted by atomic mass is 35.5. The van der Waals surface area contributed by atoms with E-state index >= 15 is 0 Å². The van der Waals surface area contributed by atoms with Gasteiger partial charge in [0.15, 0.2) is 0 Å². The number of piperidine rings is 1. The first-order chi connectivity index (χ1) is 15.0. The van der Waals surface area contributed by atoms with Crippen molar-refractivity contribution in [2.24, 2.45) is 5.92 Å². The highest BCUT2D eigenvalue weighted by Crippen LogP contribution is 2.40. The summed E-state index contributed by atoms with van der Waals surface area (Å²) in [6, 6.07) is 22.7. The molecule has 2 atom stereocenters. The van der Waals surface area contributed by atoms with Crippen LogP contribution in [0.25, 0.3) is 0 Å². The maximum absolute atomic E-state index is 6.59. The standard InChI is InChI=1S/C25H25Cl3N2S/c1-17-3-2-4-22(13-17)31-29-15-18-5-12-25(23-11-8-20(27)14-24(23)28)30(16-18)21-9-6-19(26)7-10-21/h2-4,6-11,13-14,18,25,29H,5,12,15-16H2,1H3. The molecule has 2 unspecified atom stereocenters. The monoisotopic (exact) mass is 490 g/mol. The van der Waals surface area contributed by atoms with Gasteiger partial charge in [-0.05, 0) is 97.3 Å². The zero-order valence-electron chi connectivity index (χ0n) is 17.3. The molecule has 1 aliphatic rings. The summed E-state index contributed by atoms with van der Waals surface area (Å²) in [5.74, 6) is 0.537. The van der Waals surface area contributed by atoms with E-state index in [0.29, 0.717) is 10.9 Å². The van der Waals surface area contributed by atoms with Gasteiger partial charge in [-0.2, -0.15) is 0 Å². The minimum absolute atomic E-state index is 0.214. The lowest BCUT2D eigenvalue weighted by atomic mass is 9.88. The number of nitrogens with one attached hydrogen (secondary N) is 1. The molecule has 0 saturated carbocycles. The number of aryl methyl sites for hydroxylation is 1. The Kier molecular flexibility index (Phi) is 7.73. The van der Waals surface area contributed by atoms with Gasteiger partial charge in [-0.1, -0.05) is 53.0 Å². The minimum atomic E-state index is 0.214. The number of benzene rings is 3. The van der Waals surface area contributed by atoms with Crippen LogP contribution in [0.5, 0.6) is 0 Å². The third kappa shape index (κ3) is 5.91. The third-order valence-electron chi connectivity index (χ3n) is 5.71. The molecule has 162 valence electrons. The van der Waals surface area contributed by atoms with Gasteiger partial charge in [-0.25, -0.2) is 0 Å². The van der Waals surface area contributed by atoms with Crippen LogP contribution < -0.4 is 9.62 Å². The van der Waals surface area contributed by atoms with Crippen LogP contribution in [0, 0.1) is 12.8 Å². The first kappa shape index (κ1) is 22.8. The number of nitrogens with zero attached hydrogens (tertiary/aromatic N) is 1. The van der Waals surface area contributed by atoms with Crippen LogP contribution >= 0.6 is 46.8 Å². The molecule has 31 heavy (non-hydrogen) atoms. The fourth-order valence-electron chi connectivity index (χ4n) is 4.15. The third-order valence-corrected chi connectivity index (χ3v) is 7.33. The van der Waals surface area contributed by atoms with Gasteiger partial charge in [0.05, 0.1) is 6.04 Å². The Morgan fingerprint density at radius 2 is 1.71 bits per heavy atom. The van der Waals surface area contributed by atoms with Crippen LogP contribution in [-0.2, 0) is 0 Å². The Balaban J connectivity index is 1.49. The van der Waals surface area contributed by atoms with Crippen molar-refractivity contribution in [3.63, 3.8) is 0 Å². The first-order valence-electron chi connectivity index (χ1n) is 10.4. The van der Waals surface area contributed by atoms with Gasteiger partial charge in [0, 0.05) is 38.7 Å². The molecule has 0 radical (unpaired) electrons. The zero-order valence-corrected chi connectivity index (χ0v) is 20.4. The van der Waals surface area contributed by atoms with Crippen LogP contribution in [0.1, 0.15) is 30.0 Å². The molecule has 0 aliphatic carbocycles. The summed E-state index contributed by atoms with van der Waals surface area (Å²) in [5.41, 5.74) is 3.57.